The number of anilines is 1. The molecule has 2 aliphatic rings. The lowest BCUT2D eigenvalue weighted by molar-refractivity contribution is 0.0801. The fourth-order valence-corrected chi connectivity index (χ4v) is 5.87. The second kappa shape index (κ2) is 10.1. The van der Waals surface area contributed by atoms with Crippen LogP contribution in [0.3, 0.4) is 0 Å². The van der Waals surface area contributed by atoms with Crippen molar-refractivity contribution in [1.82, 2.24) is 19.8 Å². The lowest BCUT2D eigenvalue weighted by Gasteiger charge is -2.44. The topological polar surface area (TPSA) is 52.9 Å². The Morgan fingerprint density at radius 3 is 2.56 bits per heavy atom. The SMILES string of the molecule is O=C(NCC1(CN2CCN(c3cccc(Cl)c3Cl)CC2)CCCCC1)c1cc2ccccn2n1. The number of fused-ring (bicyclic) bond motifs is 1. The molecule has 2 fully saturated rings. The Kier molecular flexibility index (Phi) is 7.00. The molecule has 0 spiro atoms. The highest BCUT2D eigenvalue weighted by Gasteiger charge is 2.35. The van der Waals surface area contributed by atoms with E-state index in [0.717, 1.165) is 56.8 Å². The van der Waals surface area contributed by atoms with Gasteiger partial charge in [-0.15, -0.1) is 0 Å². The van der Waals surface area contributed by atoms with Crippen molar-refractivity contribution in [3.63, 3.8) is 0 Å². The molecule has 1 aromatic carbocycles. The molecule has 1 N–H and O–H groups in total. The highest BCUT2D eigenvalue weighted by atomic mass is 35.5. The van der Waals surface area contributed by atoms with Gasteiger partial charge in [-0.05, 0) is 43.2 Å². The van der Waals surface area contributed by atoms with E-state index in [0.29, 0.717) is 22.3 Å². The van der Waals surface area contributed by atoms with Gasteiger partial charge in [0.2, 0.25) is 0 Å². The molecule has 180 valence electrons. The van der Waals surface area contributed by atoms with E-state index < -0.39 is 0 Å². The van der Waals surface area contributed by atoms with E-state index in [-0.39, 0.29) is 11.3 Å². The van der Waals surface area contributed by atoms with E-state index in [1.54, 1.807) is 4.52 Å². The zero-order valence-corrected chi connectivity index (χ0v) is 20.9. The Bertz CT molecular complexity index is 1120. The van der Waals surface area contributed by atoms with Gasteiger partial charge in [-0.3, -0.25) is 9.69 Å². The van der Waals surface area contributed by atoms with Gasteiger partial charge < -0.3 is 10.2 Å². The van der Waals surface area contributed by atoms with E-state index in [1.165, 1.54) is 19.3 Å². The summed E-state index contributed by atoms with van der Waals surface area (Å²) in [4.78, 5) is 17.8. The van der Waals surface area contributed by atoms with Crippen molar-refractivity contribution >= 4 is 40.3 Å². The Balaban J connectivity index is 1.21. The molecule has 1 saturated carbocycles. The molecule has 2 aromatic heterocycles. The zero-order chi connectivity index (χ0) is 23.5. The van der Waals surface area contributed by atoms with E-state index in [1.807, 2.05) is 48.7 Å². The Labute approximate surface area is 210 Å². The minimum Gasteiger partial charge on any atom is -0.368 e. The third-order valence-corrected chi connectivity index (χ3v) is 8.15. The predicted octanol–water partition coefficient (Wildman–Crippen LogP) is 5.14. The van der Waals surface area contributed by atoms with Crippen LogP contribution in [0.2, 0.25) is 10.0 Å². The van der Waals surface area contributed by atoms with Crippen molar-refractivity contribution in [2.24, 2.45) is 5.41 Å². The summed E-state index contributed by atoms with van der Waals surface area (Å²) in [5.41, 5.74) is 2.53. The van der Waals surface area contributed by atoms with Crippen LogP contribution in [-0.2, 0) is 0 Å². The van der Waals surface area contributed by atoms with Crippen molar-refractivity contribution in [1.29, 1.82) is 0 Å². The van der Waals surface area contributed by atoms with Gasteiger partial charge >= 0.3 is 0 Å². The third kappa shape index (κ3) is 5.04. The lowest BCUT2D eigenvalue weighted by atomic mass is 9.73. The number of carbonyl (C=O) groups is 1. The zero-order valence-electron chi connectivity index (χ0n) is 19.4. The number of halogens is 2. The first-order valence-corrected chi connectivity index (χ1v) is 12.9. The number of nitrogens with zero attached hydrogens (tertiary/aromatic N) is 4. The number of nitrogens with one attached hydrogen (secondary N) is 1. The van der Waals surface area contributed by atoms with Crippen LogP contribution in [0.4, 0.5) is 5.69 Å². The molecule has 0 radical (unpaired) electrons. The number of carbonyl (C=O) groups excluding carboxylic acids is 1. The molecule has 5 rings (SSSR count). The minimum atomic E-state index is -0.0888. The Morgan fingerprint density at radius 2 is 1.79 bits per heavy atom. The number of amides is 1. The van der Waals surface area contributed by atoms with Crippen LogP contribution in [0.15, 0.2) is 48.7 Å². The molecule has 3 heterocycles. The van der Waals surface area contributed by atoms with Crippen LogP contribution < -0.4 is 10.2 Å². The number of benzene rings is 1. The average Bonchev–Trinajstić information content (AvgIpc) is 3.30. The minimum absolute atomic E-state index is 0.0888. The van der Waals surface area contributed by atoms with Crippen molar-refractivity contribution in [2.75, 3.05) is 44.2 Å². The van der Waals surface area contributed by atoms with Gasteiger partial charge in [0.1, 0.15) is 0 Å². The average molecular weight is 500 g/mol. The third-order valence-electron chi connectivity index (χ3n) is 7.34. The number of rotatable bonds is 6. The van der Waals surface area contributed by atoms with Crippen LogP contribution >= 0.6 is 23.2 Å². The molecule has 0 unspecified atom stereocenters. The van der Waals surface area contributed by atoms with Crippen LogP contribution in [0.25, 0.3) is 5.52 Å². The van der Waals surface area contributed by atoms with Gasteiger partial charge in [-0.1, -0.05) is 54.6 Å². The summed E-state index contributed by atoms with van der Waals surface area (Å²) in [5.74, 6) is -0.0888. The second-order valence-electron chi connectivity index (χ2n) is 9.68. The van der Waals surface area contributed by atoms with Crippen molar-refractivity contribution in [3.8, 4) is 0 Å². The van der Waals surface area contributed by atoms with Gasteiger partial charge in [-0.25, -0.2) is 4.52 Å². The maximum atomic E-state index is 12.9. The van der Waals surface area contributed by atoms with E-state index >= 15 is 0 Å². The fraction of sp³-hybridized carbons (Fsp3) is 0.462. The molecular formula is C26H31Cl2N5O. The van der Waals surface area contributed by atoms with Crippen molar-refractivity contribution in [2.45, 2.75) is 32.1 Å². The molecular weight excluding hydrogens is 469 g/mol. The first kappa shape index (κ1) is 23.5. The monoisotopic (exact) mass is 499 g/mol. The van der Waals surface area contributed by atoms with Gasteiger partial charge in [0.25, 0.3) is 5.91 Å². The summed E-state index contributed by atoms with van der Waals surface area (Å²) in [7, 11) is 0. The second-order valence-corrected chi connectivity index (χ2v) is 10.5. The van der Waals surface area contributed by atoms with Crippen LogP contribution in [-0.4, -0.2) is 59.7 Å². The molecule has 0 atom stereocenters. The van der Waals surface area contributed by atoms with E-state index in [9.17, 15) is 4.79 Å². The highest BCUT2D eigenvalue weighted by Crippen LogP contribution is 2.38. The molecule has 1 saturated heterocycles. The summed E-state index contributed by atoms with van der Waals surface area (Å²) >= 11 is 12.7. The summed E-state index contributed by atoms with van der Waals surface area (Å²) in [6.07, 6.45) is 7.90. The number of hydrogen-bond donors (Lipinski definition) is 1. The van der Waals surface area contributed by atoms with Crippen molar-refractivity contribution in [3.05, 3.63) is 64.4 Å². The normalized spacial score (nSPS) is 18.8. The molecule has 8 heteroatoms. The molecule has 3 aromatic rings. The van der Waals surface area contributed by atoms with Crippen LogP contribution in [0, 0.1) is 5.41 Å². The number of hydrogen-bond acceptors (Lipinski definition) is 4. The maximum absolute atomic E-state index is 12.9. The number of pyridine rings is 1. The Morgan fingerprint density at radius 1 is 1.00 bits per heavy atom. The lowest BCUT2D eigenvalue weighted by Crippen LogP contribution is -2.53. The fourth-order valence-electron chi connectivity index (χ4n) is 5.46. The first-order chi connectivity index (χ1) is 16.5. The van der Waals surface area contributed by atoms with E-state index in [2.05, 4.69) is 20.2 Å². The summed E-state index contributed by atoms with van der Waals surface area (Å²) in [6.45, 7) is 5.50. The Hall–Kier alpha value is -2.28. The summed E-state index contributed by atoms with van der Waals surface area (Å²) in [5, 5.41) is 8.89. The molecule has 1 aliphatic carbocycles. The van der Waals surface area contributed by atoms with Gasteiger partial charge in [-0.2, -0.15) is 5.10 Å². The molecule has 1 amide bonds. The van der Waals surface area contributed by atoms with Crippen molar-refractivity contribution < 1.29 is 4.79 Å². The molecule has 34 heavy (non-hydrogen) atoms. The summed E-state index contributed by atoms with van der Waals surface area (Å²) < 4.78 is 1.75. The first-order valence-electron chi connectivity index (χ1n) is 12.2. The quantitative estimate of drug-likeness (QED) is 0.509. The van der Waals surface area contributed by atoms with Crippen LogP contribution in [0.1, 0.15) is 42.6 Å². The van der Waals surface area contributed by atoms with Crippen LogP contribution in [0.5, 0.6) is 0 Å². The number of aromatic nitrogens is 2. The number of piperazine rings is 1. The standard InChI is InChI=1S/C26H31Cl2N5O/c27-21-8-6-9-23(24(21)28)32-15-13-31(14-16-32)19-26(10-3-1-4-11-26)18-29-25(34)22-17-20-7-2-5-12-33(20)30-22/h2,5-9,12,17H,1,3-4,10-11,13-16,18-19H2,(H,29,34). The summed E-state index contributed by atoms with van der Waals surface area (Å²) in [6, 6.07) is 13.5. The van der Waals surface area contributed by atoms with Gasteiger partial charge in [0.15, 0.2) is 5.69 Å². The predicted molar refractivity (Wildman–Crippen MR) is 138 cm³/mol. The largest absolute Gasteiger partial charge is 0.368 e. The molecule has 0 bridgehead atoms. The van der Waals surface area contributed by atoms with Gasteiger partial charge in [0, 0.05) is 50.9 Å². The smallest absolute Gasteiger partial charge is 0.271 e. The van der Waals surface area contributed by atoms with E-state index in [4.69, 9.17) is 23.2 Å². The van der Waals surface area contributed by atoms with Gasteiger partial charge in [0.05, 0.1) is 21.2 Å². The maximum Gasteiger partial charge on any atom is 0.271 e. The highest BCUT2D eigenvalue weighted by molar-refractivity contribution is 6.43. The molecule has 1 aliphatic heterocycles. The molecule has 6 nitrogen and oxygen atoms in total.